The average Bonchev–Trinajstić information content (AvgIpc) is 2.40. The van der Waals surface area contributed by atoms with Crippen molar-refractivity contribution in [2.75, 3.05) is 13.3 Å². The van der Waals surface area contributed by atoms with Gasteiger partial charge in [0, 0.05) is 0 Å². The van der Waals surface area contributed by atoms with Crippen molar-refractivity contribution >= 4 is 17.7 Å². The zero-order valence-electron chi connectivity index (χ0n) is 11.2. The molecular formula is C8H6ClF12O2P. The Morgan fingerprint density at radius 3 is 0.875 bits per heavy atom. The molecule has 146 valence electrons. The fourth-order valence-electron chi connectivity index (χ4n) is 2.24. The summed E-state index contributed by atoms with van der Waals surface area (Å²) in [6.45, 7) is -0.0305. The van der Waals surface area contributed by atoms with E-state index in [0.717, 1.165) is 0 Å². The molecule has 0 atom stereocenters. The molecule has 24 heavy (non-hydrogen) atoms. The van der Waals surface area contributed by atoms with Crippen molar-refractivity contribution in [3.63, 3.8) is 0 Å². The average molecular weight is 429 g/mol. The molecule has 1 fully saturated rings. The summed E-state index contributed by atoms with van der Waals surface area (Å²) in [5.41, 5.74) is -13.6. The Hall–Kier alpha value is -0.200. The second kappa shape index (κ2) is 4.74. The molecule has 0 unspecified atom stereocenters. The van der Waals surface area contributed by atoms with Gasteiger partial charge in [0.05, 0.1) is 0 Å². The number of alkyl halides is 12. The van der Waals surface area contributed by atoms with Crippen LogP contribution in [-0.4, -0.2) is 49.2 Å². The molecule has 0 saturated carbocycles. The molecule has 0 aromatic carbocycles. The van der Waals surface area contributed by atoms with Gasteiger partial charge in [-0.1, -0.05) is 0 Å². The summed E-state index contributed by atoms with van der Waals surface area (Å²) in [4.78, 5) is 0. The second-order valence-corrected chi connectivity index (χ2v) is 11.9. The number of hydrogen-bond acceptors (Lipinski definition) is 2. The summed E-state index contributed by atoms with van der Waals surface area (Å²) in [6.07, 6.45) is -35.0. The molecule has 0 bridgehead atoms. The van der Waals surface area contributed by atoms with Gasteiger partial charge in [-0.05, 0) is 0 Å². The van der Waals surface area contributed by atoms with E-state index in [-0.39, 0.29) is 13.3 Å². The number of rotatable bonds is 0. The third kappa shape index (κ3) is 2.73. The van der Waals surface area contributed by atoms with Crippen LogP contribution in [0.5, 0.6) is 0 Å². The van der Waals surface area contributed by atoms with Gasteiger partial charge in [-0.2, -0.15) is 0 Å². The Morgan fingerprint density at radius 1 is 0.583 bits per heavy atom. The Labute approximate surface area is 129 Å². The molecule has 1 rings (SSSR count). The minimum absolute atomic E-state index is 0.0153. The van der Waals surface area contributed by atoms with Crippen LogP contribution in [0.3, 0.4) is 0 Å². The molecule has 0 N–H and O–H groups in total. The predicted octanol–water partition coefficient (Wildman–Crippen LogP) is 5.56. The predicted molar refractivity (Wildman–Crippen MR) is 56.5 cm³/mol. The maximum absolute atomic E-state index is 13.0. The fourth-order valence-corrected chi connectivity index (χ4v) is 5.09. The van der Waals surface area contributed by atoms with Gasteiger partial charge in [0.1, 0.15) is 0 Å². The van der Waals surface area contributed by atoms with Crippen molar-refractivity contribution in [2.45, 2.75) is 35.9 Å². The van der Waals surface area contributed by atoms with Crippen LogP contribution in [0.25, 0.3) is 0 Å². The van der Waals surface area contributed by atoms with E-state index >= 15 is 0 Å². The van der Waals surface area contributed by atoms with Crippen LogP contribution in [0.15, 0.2) is 0 Å². The van der Waals surface area contributed by atoms with Crippen LogP contribution in [-0.2, 0) is 9.05 Å². The van der Waals surface area contributed by atoms with Crippen LogP contribution in [0.4, 0.5) is 52.7 Å². The summed E-state index contributed by atoms with van der Waals surface area (Å²) in [5.74, 6) is 0. The van der Waals surface area contributed by atoms with Gasteiger partial charge in [0.25, 0.3) is 0 Å². The van der Waals surface area contributed by atoms with Gasteiger partial charge < -0.3 is 0 Å². The molecule has 1 aliphatic rings. The molecule has 0 aromatic heterocycles. The van der Waals surface area contributed by atoms with Gasteiger partial charge in [-0.3, -0.25) is 0 Å². The van der Waals surface area contributed by atoms with Crippen molar-refractivity contribution in [3.05, 3.63) is 0 Å². The van der Waals surface area contributed by atoms with Crippen molar-refractivity contribution < 1.29 is 61.7 Å². The third-order valence-corrected chi connectivity index (χ3v) is 4.85. The molecule has 2 nitrogen and oxygen atoms in total. The van der Waals surface area contributed by atoms with Crippen molar-refractivity contribution in [1.29, 1.82) is 0 Å². The van der Waals surface area contributed by atoms with E-state index in [9.17, 15) is 52.7 Å². The summed E-state index contributed by atoms with van der Waals surface area (Å²) >= 11 is 5.10. The summed E-state index contributed by atoms with van der Waals surface area (Å²) in [6, 6.07) is 0. The Kier molecular flexibility index (Phi) is 4.32. The molecule has 1 heterocycles. The summed E-state index contributed by atoms with van der Waals surface area (Å²) < 4.78 is 163. The molecule has 1 aliphatic heterocycles. The van der Waals surface area contributed by atoms with Gasteiger partial charge >= 0.3 is 129 Å². The van der Waals surface area contributed by atoms with Gasteiger partial charge in [-0.25, -0.2) is 0 Å². The third-order valence-electron chi connectivity index (χ3n) is 2.88. The molecule has 16 heteroatoms. The van der Waals surface area contributed by atoms with Crippen molar-refractivity contribution in [3.8, 4) is 0 Å². The molecule has 0 amide bonds. The van der Waals surface area contributed by atoms with Crippen LogP contribution < -0.4 is 0 Å². The van der Waals surface area contributed by atoms with Crippen LogP contribution in [0.2, 0.25) is 0 Å². The first-order valence-electron chi connectivity index (χ1n) is 5.35. The van der Waals surface area contributed by atoms with Crippen molar-refractivity contribution in [2.24, 2.45) is 0 Å². The quantitative estimate of drug-likeness (QED) is 0.372. The molecule has 0 spiro atoms. The topological polar surface area (TPSA) is 18.5 Å². The van der Waals surface area contributed by atoms with E-state index < -0.39 is 42.3 Å². The monoisotopic (exact) mass is 428 g/mol. The number of halogens is 13. The van der Waals surface area contributed by atoms with Gasteiger partial charge in [0.15, 0.2) is 0 Å². The summed E-state index contributed by atoms with van der Waals surface area (Å²) in [7, 11) is 0. The van der Waals surface area contributed by atoms with Crippen LogP contribution in [0.1, 0.15) is 0 Å². The zero-order valence-corrected chi connectivity index (χ0v) is 12.8. The first-order valence-corrected chi connectivity index (χ1v) is 9.23. The molecular weight excluding hydrogens is 422 g/mol. The van der Waals surface area contributed by atoms with Gasteiger partial charge in [0.2, 0.25) is 0 Å². The van der Waals surface area contributed by atoms with E-state index in [0.29, 0.717) is 0 Å². The Morgan fingerprint density at radius 2 is 0.750 bits per heavy atom. The summed E-state index contributed by atoms with van der Waals surface area (Å²) in [5, 5.41) is 0. The van der Waals surface area contributed by atoms with Crippen LogP contribution >= 0.6 is 17.7 Å². The molecule has 0 radical (unpaired) electrons. The van der Waals surface area contributed by atoms with E-state index in [4.69, 9.17) is 11.2 Å². The van der Waals surface area contributed by atoms with Crippen molar-refractivity contribution in [1.82, 2.24) is 0 Å². The molecule has 0 aliphatic carbocycles. The van der Waals surface area contributed by atoms with E-state index in [2.05, 4.69) is 9.05 Å². The maximum atomic E-state index is 13.0. The Balaban J connectivity index is 4.16. The Bertz CT molecular complexity index is 449. The number of hydrogen-bond donors (Lipinski definition) is 0. The van der Waals surface area contributed by atoms with Crippen LogP contribution in [0, 0.1) is 0 Å². The normalized spacial score (nSPS) is 28.2. The first kappa shape index (κ1) is 21.8. The second-order valence-electron chi connectivity index (χ2n) is 5.26. The van der Waals surface area contributed by atoms with E-state index in [1.165, 1.54) is 0 Å². The van der Waals surface area contributed by atoms with E-state index in [1.807, 2.05) is 0 Å². The fraction of sp³-hybridized carbons (Fsp3) is 1.00. The standard InChI is InChI=1S/C8H6ClF12O2P/c1-24(2,9)22-3(5(10,11)12,6(13,14)15)4(23-24,7(16,17)18)8(19,20)21/h1-2H3. The molecule has 0 aromatic rings. The molecule has 1 saturated heterocycles. The zero-order chi connectivity index (χ0) is 19.9. The van der Waals surface area contributed by atoms with E-state index in [1.54, 1.807) is 0 Å². The minimum atomic E-state index is -7.23. The van der Waals surface area contributed by atoms with Gasteiger partial charge in [-0.15, -0.1) is 0 Å². The SMILES string of the molecule is CP1(C)(Cl)OC(C(F)(F)F)(C(F)(F)F)C(C(F)(F)F)(C(F)(F)F)O1. The first-order chi connectivity index (χ1) is 9.93.